The highest BCUT2D eigenvalue weighted by Crippen LogP contribution is 2.25. The van der Waals surface area contributed by atoms with Gasteiger partial charge in [-0.15, -0.1) is 0 Å². The van der Waals surface area contributed by atoms with Crippen molar-refractivity contribution >= 4 is 23.6 Å². The zero-order valence-corrected chi connectivity index (χ0v) is 18.5. The van der Waals surface area contributed by atoms with E-state index >= 15 is 0 Å². The standard InChI is InChI=1S/C25H33N3O2/c1-6-20-12-9-10-14-22(20)28(18-21-13-8-7-11-19(21)2)24(30)15-16-27-23(29)17-25(3,4)26-5/h6-14,26H,1,15-18H2,2-5H3,(H,27,29). The van der Waals surface area contributed by atoms with Gasteiger partial charge in [0.25, 0.3) is 0 Å². The van der Waals surface area contributed by atoms with Crippen LogP contribution in [0.5, 0.6) is 0 Å². The summed E-state index contributed by atoms with van der Waals surface area (Å²) >= 11 is 0. The van der Waals surface area contributed by atoms with Gasteiger partial charge in [-0.1, -0.05) is 55.1 Å². The lowest BCUT2D eigenvalue weighted by atomic mass is 10.0. The van der Waals surface area contributed by atoms with Crippen LogP contribution in [0.4, 0.5) is 5.69 Å². The van der Waals surface area contributed by atoms with E-state index in [1.807, 2.05) is 76.3 Å². The Morgan fingerprint density at radius 1 is 1.10 bits per heavy atom. The second-order valence-corrected chi connectivity index (χ2v) is 8.08. The predicted octanol–water partition coefficient (Wildman–Crippen LogP) is 4.07. The van der Waals surface area contributed by atoms with E-state index in [0.717, 1.165) is 22.4 Å². The third-order valence-corrected chi connectivity index (χ3v) is 5.28. The number of anilines is 1. The monoisotopic (exact) mass is 407 g/mol. The zero-order valence-electron chi connectivity index (χ0n) is 18.5. The van der Waals surface area contributed by atoms with Crippen LogP contribution < -0.4 is 15.5 Å². The molecule has 30 heavy (non-hydrogen) atoms. The third-order valence-electron chi connectivity index (χ3n) is 5.28. The normalized spacial score (nSPS) is 11.1. The van der Waals surface area contributed by atoms with Gasteiger partial charge in [-0.2, -0.15) is 0 Å². The molecule has 2 aromatic carbocycles. The third kappa shape index (κ3) is 6.56. The summed E-state index contributed by atoms with van der Waals surface area (Å²) in [7, 11) is 1.83. The minimum absolute atomic E-state index is 0.0410. The van der Waals surface area contributed by atoms with Gasteiger partial charge in [0, 0.05) is 24.9 Å². The van der Waals surface area contributed by atoms with Crippen LogP contribution in [-0.4, -0.2) is 30.9 Å². The molecule has 0 heterocycles. The van der Waals surface area contributed by atoms with Crippen molar-refractivity contribution in [1.29, 1.82) is 0 Å². The van der Waals surface area contributed by atoms with Crippen molar-refractivity contribution in [3.05, 3.63) is 71.8 Å². The van der Waals surface area contributed by atoms with E-state index in [1.54, 1.807) is 11.0 Å². The summed E-state index contributed by atoms with van der Waals surface area (Å²) in [5, 5.41) is 5.98. The lowest BCUT2D eigenvalue weighted by Crippen LogP contribution is -2.42. The largest absolute Gasteiger partial charge is 0.356 e. The Morgan fingerprint density at radius 2 is 1.77 bits per heavy atom. The number of carbonyl (C=O) groups excluding carboxylic acids is 2. The van der Waals surface area contributed by atoms with Gasteiger partial charge in [-0.25, -0.2) is 0 Å². The Morgan fingerprint density at radius 3 is 2.43 bits per heavy atom. The first kappa shape index (κ1) is 23.4. The van der Waals surface area contributed by atoms with E-state index in [9.17, 15) is 9.59 Å². The molecule has 0 radical (unpaired) electrons. The van der Waals surface area contributed by atoms with E-state index in [0.29, 0.717) is 19.5 Å². The minimum Gasteiger partial charge on any atom is -0.356 e. The molecular formula is C25H33N3O2. The predicted molar refractivity (Wildman–Crippen MR) is 124 cm³/mol. The van der Waals surface area contributed by atoms with Crippen LogP contribution in [0.15, 0.2) is 55.1 Å². The van der Waals surface area contributed by atoms with Crippen molar-refractivity contribution in [3.8, 4) is 0 Å². The molecule has 5 heteroatoms. The molecule has 0 bridgehead atoms. The van der Waals surface area contributed by atoms with Crippen molar-refractivity contribution in [3.63, 3.8) is 0 Å². The van der Waals surface area contributed by atoms with Gasteiger partial charge < -0.3 is 15.5 Å². The summed E-state index contributed by atoms with van der Waals surface area (Å²) in [5.41, 5.74) is 3.66. The van der Waals surface area contributed by atoms with Gasteiger partial charge in [0.15, 0.2) is 0 Å². The van der Waals surface area contributed by atoms with Crippen LogP contribution >= 0.6 is 0 Å². The number of carbonyl (C=O) groups is 2. The summed E-state index contributed by atoms with van der Waals surface area (Å²) in [4.78, 5) is 27.1. The maximum atomic E-state index is 13.2. The van der Waals surface area contributed by atoms with Crippen molar-refractivity contribution in [2.24, 2.45) is 0 Å². The molecule has 0 aliphatic heterocycles. The van der Waals surface area contributed by atoms with Gasteiger partial charge in [-0.05, 0) is 50.6 Å². The number of hydrogen-bond donors (Lipinski definition) is 2. The van der Waals surface area contributed by atoms with Crippen LogP contribution in [0.2, 0.25) is 0 Å². The summed E-state index contributed by atoms with van der Waals surface area (Å²) < 4.78 is 0. The number of hydrogen-bond acceptors (Lipinski definition) is 3. The number of amides is 2. The molecule has 0 saturated carbocycles. The smallest absolute Gasteiger partial charge is 0.229 e. The van der Waals surface area contributed by atoms with Crippen molar-refractivity contribution in [2.75, 3.05) is 18.5 Å². The molecule has 0 aliphatic rings. The molecule has 5 nitrogen and oxygen atoms in total. The molecule has 2 amide bonds. The Hall–Kier alpha value is -2.92. The SMILES string of the molecule is C=Cc1ccccc1N(Cc1ccccc1C)C(=O)CCNC(=O)CC(C)(C)NC. The first-order valence-electron chi connectivity index (χ1n) is 10.3. The number of nitrogens with zero attached hydrogens (tertiary/aromatic N) is 1. The maximum Gasteiger partial charge on any atom is 0.229 e. The Balaban J connectivity index is 2.14. The van der Waals surface area contributed by atoms with E-state index < -0.39 is 0 Å². The fourth-order valence-corrected chi connectivity index (χ4v) is 3.17. The zero-order chi connectivity index (χ0) is 22.1. The summed E-state index contributed by atoms with van der Waals surface area (Å²) in [5.74, 6) is -0.111. The van der Waals surface area contributed by atoms with E-state index in [-0.39, 0.29) is 23.8 Å². The molecule has 0 fully saturated rings. The molecule has 0 unspecified atom stereocenters. The van der Waals surface area contributed by atoms with E-state index in [1.165, 1.54) is 0 Å². The van der Waals surface area contributed by atoms with E-state index in [4.69, 9.17) is 0 Å². The second-order valence-electron chi connectivity index (χ2n) is 8.08. The van der Waals surface area contributed by atoms with Crippen LogP contribution in [0, 0.1) is 6.92 Å². The quantitative estimate of drug-likeness (QED) is 0.624. The van der Waals surface area contributed by atoms with Crippen LogP contribution in [0.25, 0.3) is 6.08 Å². The van der Waals surface area contributed by atoms with Crippen LogP contribution in [0.1, 0.15) is 43.4 Å². The lowest BCUT2D eigenvalue weighted by molar-refractivity contribution is -0.122. The average Bonchev–Trinajstić information content (AvgIpc) is 2.72. The maximum absolute atomic E-state index is 13.2. The number of aryl methyl sites for hydroxylation is 1. The molecule has 0 spiro atoms. The molecule has 0 aromatic heterocycles. The first-order chi connectivity index (χ1) is 14.3. The van der Waals surface area contributed by atoms with Crippen molar-refractivity contribution in [2.45, 2.75) is 45.7 Å². The summed E-state index contributed by atoms with van der Waals surface area (Å²) in [6, 6.07) is 15.8. The Kier molecular flexibility index (Phi) is 8.36. The van der Waals surface area contributed by atoms with Gasteiger partial charge >= 0.3 is 0 Å². The number of nitrogens with one attached hydrogen (secondary N) is 2. The fourth-order valence-electron chi connectivity index (χ4n) is 3.17. The average molecular weight is 408 g/mol. The summed E-state index contributed by atoms with van der Waals surface area (Å²) in [6.07, 6.45) is 2.34. The van der Waals surface area contributed by atoms with E-state index in [2.05, 4.69) is 17.2 Å². The highest BCUT2D eigenvalue weighted by molar-refractivity contribution is 5.95. The number of rotatable bonds is 10. The minimum atomic E-state index is -0.284. The van der Waals surface area contributed by atoms with Gasteiger partial charge in [0.05, 0.1) is 12.2 Å². The summed E-state index contributed by atoms with van der Waals surface area (Å²) in [6.45, 7) is 10.6. The molecule has 2 rings (SSSR count). The Labute approximate surface area is 180 Å². The molecule has 2 aromatic rings. The highest BCUT2D eigenvalue weighted by Gasteiger charge is 2.21. The first-order valence-corrected chi connectivity index (χ1v) is 10.3. The Bertz CT molecular complexity index is 889. The molecule has 2 N–H and O–H groups in total. The highest BCUT2D eigenvalue weighted by atomic mass is 16.2. The van der Waals surface area contributed by atoms with Crippen LogP contribution in [-0.2, 0) is 16.1 Å². The lowest BCUT2D eigenvalue weighted by Gasteiger charge is -2.26. The van der Waals surface area contributed by atoms with Gasteiger partial charge in [-0.3, -0.25) is 9.59 Å². The number of benzene rings is 2. The molecule has 160 valence electrons. The topological polar surface area (TPSA) is 61.4 Å². The van der Waals surface area contributed by atoms with Crippen molar-refractivity contribution in [1.82, 2.24) is 10.6 Å². The molecule has 0 saturated heterocycles. The fraction of sp³-hybridized carbons (Fsp3) is 0.360. The molecular weight excluding hydrogens is 374 g/mol. The second kappa shape index (κ2) is 10.7. The van der Waals surface area contributed by atoms with Crippen LogP contribution in [0.3, 0.4) is 0 Å². The molecule has 0 aliphatic carbocycles. The van der Waals surface area contributed by atoms with Crippen molar-refractivity contribution < 1.29 is 9.59 Å². The molecule has 0 atom stereocenters. The van der Waals surface area contributed by atoms with Gasteiger partial charge in [0.1, 0.15) is 0 Å². The van der Waals surface area contributed by atoms with Gasteiger partial charge in [0.2, 0.25) is 11.8 Å². The number of para-hydroxylation sites is 1.